The van der Waals surface area contributed by atoms with E-state index in [-0.39, 0.29) is 5.12 Å². The highest BCUT2D eigenvalue weighted by Gasteiger charge is 2.22. The maximum Gasteiger partial charge on any atom is 0.408 e. The van der Waals surface area contributed by atoms with Gasteiger partial charge >= 0.3 is 6.09 Å². The van der Waals surface area contributed by atoms with Crippen molar-refractivity contribution in [3.05, 3.63) is 29.8 Å². The molecule has 0 heterocycles. The Morgan fingerprint density at radius 2 is 1.78 bits per heavy atom. The zero-order valence-corrected chi connectivity index (χ0v) is 15.3. The van der Waals surface area contributed by atoms with Crippen molar-refractivity contribution in [3.8, 4) is 0 Å². The first-order valence-electron chi connectivity index (χ1n) is 7.57. The van der Waals surface area contributed by atoms with Gasteiger partial charge in [0.25, 0.3) is 0 Å². The molecule has 0 aliphatic heterocycles. The number of alkyl carbamates (subject to hydrolysis) is 1. The lowest BCUT2D eigenvalue weighted by Crippen LogP contribution is -2.42. The van der Waals surface area contributed by atoms with Crippen LogP contribution < -0.4 is 10.2 Å². The highest BCUT2D eigenvalue weighted by Crippen LogP contribution is 2.15. The van der Waals surface area contributed by atoms with E-state index in [1.165, 1.54) is 0 Å². The number of anilines is 1. The van der Waals surface area contributed by atoms with Crippen LogP contribution in [-0.4, -0.2) is 36.9 Å². The van der Waals surface area contributed by atoms with Crippen LogP contribution in [0, 0.1) is 0 Å². The summed E-state index contributed by atoms with van der Waals surface area (Å²) >= 11 is 3.85. The minimum Gasteiger partial charge on any atom is -0.444 e. The van der Waals surface area contributed by atoms with E-state index in [1.54, 1.807) is 20.8 Å². The van der Waals surface area contributed by atoms with E-state index in [1.807, 2.05) is 43.3 Å². The summed E-state index contributed by atoms with van der Waals surface area (Å²) in [7, 11) is 3.96. The zero-order chi connectivity index (χ0) is 17.6. The van der Waals surface area contributed by atoms with Crippen LogP contribution in [0.3, 0.4) is 0 Å². The number of ether oxygens (including phenoxy) is 1. The second kappa shape index (κ2) is 8.24. The number of hydrogen-bond donors (Lipinski definition) is 2. The average Bonchev–Trinajstić information content (AvgIpc) is 2.41. The van der Waals surface area contributed by atoms with Gasteiger partial charge in [-0.05, 0) is 51.3 Å². The molecular weight excluding hydrogens is 312 g/mol. The molecule has 0 saturated heterocycles. The predicted molar refractivity (Wildman–Crippen MR) is 96.2 cm³/mol. The molecule has 1 aromatic carbocycles. The van der Waals surface area contributed by atoms with Gasteiger partial charge in [0.2, 0.25) is 5.12 Å². The summed E-state index contributed by atoms with van der Waals surface area (Å²) in [5.74, 6) is 0. The maximum atomic E-state index is 11.8. The van der Waals surface area contributed by atoms with Crippen LogP contribution in [0.5, 0.6) is 0 Å². The lowest BCUT2D eigenvalue weighted by molar-refractivity contribution is -0.112. The molecule has 1 aromatic rings. The summed E-state index contributed by atoms with van der Waals surface area (Å²) in [6.45, 7) is 5.32. The van der Waals surface area contributed by atoms with E-state index in [4.69, 9.17) is 4.74 Å². The van der Waals surface area contributed by atoms with Crippen molar-refractivity contribution in [3.63, 3.8) is 0 Å². The van der Waals surface area contributed by atoms with E-state index < -0.39 is 17.7 Å². The van der Waals surface area contributed by atoms with Gasteiger partial charge in [-0.25, -0.2) is 4.79 Å². The Hall–Kier alpha value is -1.69. The van der Waals surface area contributed by atoms with Crippen molar-refractivity contribution in [2.24, 2.45) is 0 Å². The van der Waals surface area contributed by atoms with E-state index in [0.717, 1.165) is 11.3 Å². The van der Waals surface area contributed by atoms with Crippen molar-refractivity contribution in [1.82, 2.24) is 5.32 Å². The van der Waals surface area contributed by atoms with E-state index >= 15 is 0 Å². The lowest BCUT2D eigenvalue weighted by Gasteiger charge is -2.22. The summed E-state index contributed by atoms with van der Waals surface area (Å²) in [4.78, 5) is 25.4. The molecule has 1 rings (SSSR count). The van der Waals surface area contributed by atoms with Gasteiger partial charge in [0.1, 0.15) is 11.6 Å². The van der Waals surface area contributed by atoms with Crippen LogP contribution in [-0.2, 0) is 16.0 Å². The molecule has 0 fully saturated rings. The molecule has 1 N–H and O–H groups in total. The molecule has 0 aliphatic rings. The molecule has 23 heavy (non-hydrogen) atoms. The number of benzene rings is 1. The summed E-state index contributed by atoms with van der Waals surface area (Å²) < 4.78 is 5.17. The van der Waals surface area contributed by atoms with Gasteiger partial charge in [-0.2, -0.15) is 0 Å². The monoisotopic (exact) mass is 338 g/mol. The SMILES string of the molecule is CN(C)c1ccc(CC[C@@H](NC(=O)OC(C)(C)C)C(=O)S)cc1. The van der Waals surface area contributed by atoms with E-state index in [0.29, 0.717) is 12.8 Å². The Labute approximate surface area is 143 Å². The van der Waals surface area contributed by atoms with Crippen LogP contribution in [0.2, 0.25) is 0 Å². The number of rotatable bonds is 6. The predicted octanol–water partition coefficient (Wildman–Crippen LogP) is 3.03. The van der Waals surface area contributed by atoms with Gasteiger partial charge in [-0.1, -0.05) is 12.1 Å². The largest absolute Gasteiger partial charge is 0.444 e. The quantitative estimate of drug-likeness (QED) is 0.783. The first-order valence-corrected chi connectivity index (χ1v) is 8.02. The van der Waals surface area contributed by atoms with Crippen molar-refractivity contribution in [2.45, 2.75) is 45.3 Å². The van der Waals surface area contributed by atoms with Gasteiger partial charge in [-0.15, -0.1) is 12.6 Å². The molecule has 0 spiro atoms. The highest BCUT2D eigenvalue weighted by molar-refractivity contribution is 7.96. The number of nitrogens with one attached hydrogen (secondary N) is 1. The smallest absolute Gasteiger partial charge is 0.408 e. The van der Waals surface area contributed by atoms with Crippen molar-refractivity contribution in [2.75, 3.05) is 19.0 Å². The number of carbonyl (C=O) groups excluding carboxylic acids is 2. The molecule has 1 atom stereocenters. The first kappa shape index (κ1) is 19.4. The lowest BCUT2D eigenvalue weighted by atomic mass is 10.1. The van der Waals surface area contributed by atoms with Crippen LogP contribution in [0.4, 0.5) is 10.5 Å². The zero-order valence-electron chi connectivity index (χ0n) is 14.4. The molecule has 0 aliphatic carbocycles. The van der Waals surface area contributed by atoms with E-state index in [9.17, 15) is 9.59 Å². The Morgan fingerprint density at radius 1 is 1.22 bits per heavy atom. The van der Waals surface area contributed by atoms with Gasteiger partial charge in [0, 0.05) is 19.8 Å². The van der Waals surface area contributed by atoms with Gasteiger partial charge in [0.05, 0.1) is 0 Å². The number of carbonyl (C=O) groups is 2. The molecule has 0 bridgehead atoms. The molecule has 0 unspecified atom stereocenters. The molecule has 1 amide bonds. The second-order valence-electron chi connectivity index (χ2n) is 6.64. The van der Waals surface area contributed by atoms with Crippen molar-refractivity contribution >= 4 is 29.5 Å². The molecule has 0 aromatic heterocycles. The number of thiol groups is 1. The van der Waals surface area contributed by atoms with Crippen molar-refractivity contribution < 1.29 is 14.3 Å². The van der Waals surface area contributed by atoms with Gasteiger partial charge in [0.15, 0.2) is 0 Å². The molecule has 128 valence electrons. The third kappa shape index (κ3) is 7.41. The second-order valence-corrected chi connectivity index (χ2v) is 7.08. The minimum atomic E-state index is -0.665. The third-order valence-corrected chi connectivity index (χ3v) is 3.48. The van der Waals surface area contributed by atoms with Crippen LogP contribution in [0.1, 0.15) is 32.8 Å². The van der Waals surface area contributed by atoms with E-state index in [2.05, 4.69) is 17.9 Å². The van der Waals surface area contributed by atoms with Crippen LogP contribution in [0.25, 0.3) is 0 Å². The van der Waals surface area contributed by atoms with Crippen LogP contribution in [0.15, 0.2) is 24.3 Å². The fourth-order valence-electron chi connectivity index (χ4n) is 1.98. The summed E-state index contributed by atoms with van der Waals surface area (Å²) in [6.07, 6.45) is 0.538. The fraction of sp³-hybridized carbons (Fsp3) is 0.529. The highest BCUT2D eigenvalue weighted by atomic mass is 32.1. The third-order valence-electron chi connectivity index (χ3n) is 3.16. The number of hydrogen-bond acceptors (Lipinski definition) is 4. The summed E-state index contributed by atoms with van der Waals surface area (Å²) in [5.41, 5.74) is 1.61. The topological polar surface area (TPSA) is 58.6 Å². The summed E-state index contributed by atoms with van der Waals surface area (Å²) in [5, 5.41) is 2.20. The molecule has 0 saturated carbocycles. The number of amides is 1. The Balaban J connectivity index is 2.59. The number of aryl methyl sites for hydroxylation is 1. The normalized spacial score (nSPS) is 12.4. The molecule has 6 heteroatoms. The Kier molecular flexibility index (Phi) is 6.94. The molecular formula is C17H26N2O3S. The minimum absolute atomic E-state index is 0.374. The average molecular weight is 338 g/mol. The van der Waals surface area contributed by atoms with Crippen molar-refractivity contribution in [1.29, 1.82) is 0 Å². The molecule has 0 radical (unpaired) electrons. The van der Waals surface area contributed by atoms with Gasteiger partial charge < -0.3 is 15.0 Å². The standard InChI is InChI=1S/C17H26N2O3S/c1-17(2,3)22-16(21)18-14(15(20)23)11-8-12-6-9-13(10-7-12)19(4)5/h6-7,9-10,14H,8,11H2,1-5H3,(H,18,21)(H,20,23)/t14-/m1/s1. The first-order chi connectivity index (χ1) is 10.6. The van der Waals surface area contributed by atoms with Gasteiger partial charge in [-0.3, -0.25) is 4.79 Å². The fourth-order valence-corrected chi connectivity index (χ4v) is 2.17. The maximum absolute atomic E-state index is 11.8. The Morgan fingerprint density at radius 3 is 2.22 bits per heavy atom. The summed E-state index contributed by atoms with van der Waals surface area (Å²) in [6, 6.07) is 7.41. The number of nitrogens with zero attached hydrogens (tertiary/aromatic N) is 1. The Bertz CT molecular complexity index is 536. The van der Waals surface area contributed by atoms with Crippen LogP contribution >= 0.6 is 12.6 Å². The molecule has 5 nitrogen and oxygen atoms in total.